The molecule has 1 atom stereocenters. The first-order valence-electron chi connectivity index (χ1n) is 6.28. The lowest BCUT2D eigenvalue weighted by Crippen LogP contribution is -2.40. The summed E-state index contributed by atoms with van der Waals surface area (Å²) in [5.74, 6) is -3.87. The fourth-order valence-corrected chi connectivity index (χ4v) is 1.88. The number of rotatable bonds is 8. The monoisotopic (exact) mass is 321 g/mol. The summed E-state index contributed by atoms with van der Waals surface area (Å²) in [6, 6.07) is 2.82. The van der Waals surface area contributed by atoms with Gasteiger partial charge in [-0.25, -0.2) is 0 Å². The molecule has 1 aromatic rings. The summed E-state index contributed by atoms with van der Waals surface area (Å²) in [7, 11) is 0. The Morgan fingerprint density at radius 3 is 2.67 bits per heavy atom. The molecule has 1 heterocycles. The summed E-state index contributed by atoms with van der Waals surface area (Å²) in [4.78, 5) is 22.9. The van der Waals surface area contributed by atoms with Crippen LogP contribution >= 0.6 is 11.8 Å². The Balaban J connectivity index is 2.58. The van der Waals surface area contributed by atoms with Crippen molar-refractivity contribution < 1.29 is 27.9 Å². The molecule has 5 nitrogen and oxygen atoms in total. The fourth-order valence-electron chi connectivity index (χ4n) is 1.44. The highest BCUT2D eigenvalue weighted by Gasteiger charge is 2.31. The molecule has 0 aliphatic carbocycles. The zero-order valence-corrected chi connectivity index (χ0v) is 12.5. The van der Waals surface area contributed by atoms with Gasteiger partial charge in [0, 0.05) is 6.54 Å². The maximum atomic E-state index is 12.0. The highest BCUT2D eigenvalue weighted by atomic mass is 32.2. The van der Waals surface area contributed by atoms with Crippen LogP contribution in [0.5, 0.6) is 0 Å². The van der Waals surface area contributed by atoms with E-state index in [0.717, 1.165) is 0 Å². The third-order valence-corrected chi connectivity index (χ3v) is 3.88. The highest BCUT2D eigenvalue weighted by Crippen LogP contribution is 2.22. The van der Waals surface area contributed by atoms with Crippen LogP contribution in [-0.4, -0.2) is 29.3 Å². The molecule has 21 heavy (non-hydrogen) atoms. The van der Waals surface area contributed by atoms with Crippen molar-refractivity contribution in [1.82, 2.24) is 5.32 Å². The number of carboxylic acids is 1. The predicted molar refractivity (Wildman–Crippen MR) is 74.4 cm³/mol. The number of aliphatic carboxylic acids is 1. The first-order chi connectivity index (χ1) is 9.78. The SMILES string of the molecule is CCC(C)(CNC(=O)c1ccc(CSC(F)F)o1)C(=O)O. The fraction of sp³-hybridized carbons (Fsp3) is 0.538. The van der Waals surface area contributed by atoms with Gasteiger partial charge in [0.2, 0.25) is 0 Å². The summed E-state index contributed by atoms with van der Waals surface area (Å²) < 4.78 is 29.2. The van der Waals surface area contributed by atoms with Gasteiger partial charge < -0.3 is 14.8 Å². The highest BCUT2D eigenvalue weighted by molar-refractivity contribution is 7.98. The van der Waals surface area contributed by atoms with Crippen LogP contribution in [0.15, 0.2) is 16.5 Å². The standard InChI is InChI=1S/C13H17F2NO4S/c1-3-13(2,11(18)19)7-16-10(17)9-5-4-8(20-9)6-21-12(14)15/h4-5,12H,3,6-7H2,1-2H3,(H,16,17)(H,18,19). The quantitative estimate of drug-likeness (QED) is 0.769. The molecular formula is C13H17F2NO4S. The number of nitrogens with one attached hydrogen (secondary N) is 1. The Morgan fingerprint density at radius 2 is 2.14 bits per heavy atom. The number of alkyl halides is 2. The summed E-state index contributed by atoms with van der Waals surface area (Å²) in [5.41, 5.74) is -1.06. The Morgan fingerprint density at radius 1 is 1.48 bits per heavy atom. The largest absolute Gasteiger partial charge is 0.481 e. The van der Waals surface area contributed by atoms with Crippen molar-refractivity contribution in [3.05, 3.63) is 23.7 Å². The molecule has 8 heteroatoms. The number of carbonyl (C=O) groups excluding carboxylic acids is 1. The van der Waals surface area contributed by atoms with Gasteiger partial charge in [-0.2, -0.15) is 8.78 Å². The molecule has 0 fully saturated rings. The van der Waals surface area contributed by atoms with Crippen molar-refractivity contribution in [3.8, 4) is 0 Å². The van der Waals surface area contributed by atoms with Gasteiger partial charge in [-0.1, -0.05) is 18.7 Å². The summed E-state index contributed by atoms with van der Waals surface area (Å²) >= 11 is 0.398. The normalized spacial score (nSPS) is 14.0. The van der Waals surface area contributed by atoms with Crippen LogP contribution in [-0.2, 0) is 10.5 Å². The second kappa shape index (κ2) is 7.44. The van der Waals surface area contributed by atoms with E-state index in [0.29, 0.717) is 18.2 Å². The van der Waals surface area contributed by atoms with Crippen molar-refractivity contribution >= 4 is 23.6 Å². The lowest BCUT2D eigenvalue weighted by Gasteiger charge is -2.22. The minimum atomic E-state index is -2.51. The van der Waals surface area contributed by atoms with Gasteiger partial charge in [0.15, 0.2) is 5.76 Å². The summed E-state index contributed by atoms with van der Waals surface area (Å²) in [5, 5.41) is 11.6. The van der Waals surface area contributed by atoms with Gasteiger partial charge >= 0.3 is 5.97 Å². The molecule has 1 aromatic heterocycles. The zero-order chi connectivity index (χ0) is 16.0. The number of furan rings is 1. The van der Waals surface area contributed by atoms with E-state index in [4.69, 9.17) is 9.52 Å². The zero-order valence-electron chi connectivity index (χ0n) is 11.7. The van der Waals surface area contributed by atoms with E-state index in [-0.39, 0.29) is 23.8 Å². The maximum absolute atomic E-state index is 12.0. The molecule has 0 spiro atoms. The Hall–Kier alpha value is -1.57. The molecule has 118 valence electrons. The minimum absolute atomic E-state index is 0.0243. The van der Waals surface area contributed by atoms with Crippen LogP contribution in [0.4, 0.5) is 8.78 Å². The van der Waals surface area contributed by atoms with Crippen LogP contribution in [0.3, 0.4) is 0 Å². The lowest BCUT2D eigenvalue weighted by atomic mass is 9.88. The number of hydrogen-bond donors (Lipinski definition) is 2. The van der Waals surface area contributed by atoms with E-state index in [1.807, 2.05) is 0 Å². The molecule has 0 aliphatic heterocycles. The maximum Gasteiger partial charge on any atom is 0.311 e. The topological polar surface area (TPSA) is 79.5 Å². The van der Waals surface area contributed by atoms with Gasteiger partial charge in [-0.05, 0) is 25.5 Å². The molecule has 0 saturated heterocycles. The molecule has 2 N–H and O–H groups in total. The summed E-state index contributed by atoms with van der Waals surface area (Å²) in [6.07, 6.45) is 0.358. The molecule has 1 unspecified atom stereocenters. The lowest BCUT2D eigenvalue weighted by molar-refractivity contribution is -0.147. The van der Waals surface area contributed by atoms with Crippen molar-refractivity contribution in [2.45, 2.75) is 31.8 Å². The van der Waals surface area contributed by atoms with Crippen LogP contribution < -0.4 is 5.32 Å². The van der Waals surface area contributed by atoms with E-state index in [9.17, 15) is 18.4 Å². The first-order valence-corrected chi connectivity index (χ1v) is 7.33. The molecule has 0 saturated carbocycles. The molecule has 0 bridgehead atoms. The van der Waals surface area contributed by atoms with Crippen LogP contribution in [0.2, 0.25) is 0 Å². The van der Waals surface area contributed by atoms with Gasteiger partial charge in [-0.3, -0.25) is 9.59 Å². The van der Waals surface area contributed by atoms with Gasteiger partial charge in [-0.15, -0.1) is 0 Å². The van der Waals surface area contributed by atoms with Crippen LogP contribution in [0, 0.1) is 5.41 Å². The molecular weight excluding hydrogens is 304 g/mol. The van der Waals surface area contributed by atoms with Gasteiger partial charge in [0.25, 0.3) is 11.7 Å². The van der Waals surface area contributed by atoms with E-state index < -0.39 is 23.0 Å². The van der Waals surface area contributed by atoms with E-state index in [1.54, 1.807) is 6.92 Å². The third-order valence-electron chi connectivity index (χ3n) is 3.17. The molecule has 0 radical (unpaired) electrons. The molecule has 1 amide bonds. The molecule has 0 aliphatic rings. The van der Waals surface area contributed by atoms with Crippen LogP contribution in [0.1, 0.15) is 36.6 Å². The molecule has 1 rings (SSSR count). The van der Waals surface area contributed by atoms with Gasteiger partial charge in [0.05, 0.1) is 11.2 Å². The number of carboxylic acid groups (broad SMARTS) is 1. The van der Waals surface area contributed by atoms with E-state index in [1.165, 1.54) is 19.1 Å². The Labute approximate surface area is 125 Å². The number of thioether (sulfide) groups is 1. The predicted octanol–water partition coefficient (Wildman–Crippen LogP) is 2.97. The van der Waals surface area contributed by atoms with E-state index >= 15 is 0 Å². The van der Waals surface area contributed by atoms with Crippen molar-refractivity contribution in [2.24, 2.45) is 5.41 Å². The minimum Gasteiger partial charge on any atom is -0.481 e. The van der Waals surface area contributed by atoms with Crippen molar-refractivity contribution in [2.75, 3.05) is 6.54 Å². The van der Waals surface area contributed by atoms with Crippen LogP contribution in [0.25, 0.3) is 0 Å². The number of amides is 1. The number of carbonyl (C=O) groups is 2. The number of hydrogen-bond acceptors (Lipinski definition) is 4. The number of halogens is 2. The first kappa shape index (κ1) is 17.5. The van der Waals surface area contributed by atoms with Crippen molar-refractivity contribution in [1.29, 1.82) is 0 Å². The smallest absolute Gasteiger partial charge is 0.311 e. The second-order valence-corrected chi connectivity index (χ2v) is 5.72. The Kier molecular flexibility index (Phi) is 6.19. The van der Waals surface area contributed by atoms with Crippen molar-refractivity contribution in [3.63, 3.8) is 0 Å². The summed E-state index contributed by atoms with van der Waals surface area (Å²) in [6.45, 7) is 3.20. The second-order valence-electron chi connectivity index (χ2n) is 4.74. The van der Waals surface area contributed by atoms with Gasteiger partial charge in [0.1, 0.15) is 5.76 Å². The Bertz CT molecular complexity index is 506. The average Bonchev–Trinajstić information content (AvgIpc) is 2.90. The van der Waals surface area contributed by atoms with E-state index in [2.05, 4.69) is 5.32 Å². The third kappa shape index (κ3) is 5.04. The average molecular weight is 321 g/mol. The molecule has 0 aromatic carbocycles.